The maximum atomic E-state index is 9.11. The predicted molar refractivity (Wildman–Crippen MR) is 81.0 cm³/mol. The first-order valence-electron chi connectivity index (χ1n) is 6.93. The van der Waals surface area contributed by atoms with Crippen molar-refractivity contribution >= 4 is 5.69 Å². The smallest absolute Gasteiger partial charge is 0.124 e. The van der Waals surface area contributed by atoms with Gasteiger partial charge in [0.2, 0.25) is 0 Å². The van der Waals surface area contributed by atoms with Gasteiger partial charge in [0.1, 0.15) is 11.4 Å². The standard InChI is InChI=1S/C17H17N3O/c1-17(2)8-14(15-5-4-12(19)10-20-15)13-7-11(9-18)3-6-16(13)21-17/h3-7,10,14H,8,19H2,1-2H3. The average Bonchev–Trinajstić information content (AvgIpc) is 2.46. The van der Waals surface area contributed by atoms with Crippen LogP contribution in [-0.2, 0) is 0 Å². The van der Waals surface area contributed by atoms with Gasteiger partial charge in [-0.05, 0) is 50.6 Å². The number of nitrogens with zero attached hydrogens (tertiary/aromatic N) is 2. The van der Waals surface area contributed by atoms with Crippen LogP contribution in [0.3, 0.4) is 0 Å². The van der Waals surface area contributed by atoms with E-state index in [4.69, 9.17) is 15.7 Å². The van der Waals surface area contributed by atoms with Gasteiger partial charge in [0, 0.05) is 17.2 Å². The molecule has 0 amide bonds. The molecule has 2 N–H and O–H groups in total. The number of nitrogen functional groups attached to an aromatic ring is 1. The molecule has 1 aliphatic rings. The Labute approximate surface area is 124 Å². The maximum absolute atomic E-state index is 9.11. The van der Waals surface area contributed by atoms with Crippen molar-refractivity contribution in [2.45, 2.75) is 31.8 Å². The summed E-state index contributed by atoms with van der Waals surface area (Å²) in [6, 6.07) is 11.5. The number of hydrogen-bond donors (Lipinski definition) is 1. The minimum absolute atomic E-state index is 0.109. The lowest BCUT2D eigenvalue weighted by molar-refractivity contribution is 0.0769. The Kier molecular flexibility index (Phi) is 3.06. The molecule has 0 radical (unpaired) electrons. The van der Waals surface area contributed by atoms with E-state index < -0.39 is 0 Å². The highest BCUT2D eigenvalue weighted by atomic mass is 16.5. The third-order valence-electron chi connectivity index (χ3n) is 3.76. The lowest BCUT2D eigenvalue weighted by atomic mass is 9.81. The number of ether oxygens (including phenoxy) is 1. The van der Waals surface area contributed by atoms with Gasteiger partial charge in [0.15, 0.2) is 0 Å². The summed E-state index contributed by atoms with van der Waals surface area (Å²) in [6.45, 7) is 4.14. The summed E-state index contributed by atoms with van der Waals surface area (Å²) in [5.74, 6) is 0.937. The van der Waals surface area contributed by atoms with Crippen molar-refractivity contribution in [2.75, 3.05) is 5.73 Å². The van der Waals surface area contributed by atoms with Crippen LogP contribution in [0, 0.1) is 11.3 Å². The van der Waals surface area contributed by atoms with Crippen LogP contribution in [0.15, 0.2) is 36.5 Å². The quantitative estimate of drug-likeness (QED) is 0.870. The molecule has 0 bridgehead atoms. The van der Waals surface area contributed by atoms with Crippen molar-refractivity contribution in [1.82, 2.24) is 4.98 Å². The van der Waals surface area contributed by atoms with E-state index in [1.165, 1.54) is 0 Å². The Hall–Kier alpha value is -2.54. The SMILES string of the molecule is CC1(C)CC(c2ccc(N)cn2)c2cc(C#N)ccc2O1. The molecule has 0 saturated carbocycles. The molecular formula is C17H17N3O. The van der Waals surface area contributed by atoms with Gasteiger partial charge in [-0.15, -0.1) is 0 Å². The van der Waals surface area contributed by atoms with Crippen LogP contribution in [0.2, 0.25) is 0 Å². The lowest BCUT2D eigenvalue weighted by Crippen LogP contribution is -2.35. The average molecular weight is 279 g/mol. The number of nitriles is 1. The van der Waals surface area contributed by atoms with Crippen LogP contribution >= 0.6 is 0 Å². The molecule has 2 heterocycles. The predicted octanol–water partition coefficient (Wildman–Crippen LogP) is 3.23. The van der Waals surface area contributed by atoms with Gasteiger partial charge in [0.25, 0.3) is 0 Å². The van der Waals surface area contributed by atoms with Gasteiger partial charge < -0.3 is 10.5 Å². The first kappa shape index (κ1) is 13.4. The van der Waals surface area contributed by atoms with Crippen molar-refractivity contribution in [2.24, 2.45) is 0 Å². The molecule has 2 aromatic rings. The van der Waals surface area contributed by atoms with E-state index in [-0.39, 0.29) is 11.5 Å². The first-order chi connectivity index (χ1) is 9.98. The molecule has 4 nitrogen and oxygen atoms in total. The van der Waals surface area contributed by atoms with E-state index in [1.807, 2.05) is 24.3 Å². The summed E-state index contributed by atoms with van der Waals surface area (Å²) in [5.41, 5.74) is 8.71. The number of pyridine rings is 1. The minimum Gasteiger partial charge on any atom is -0.488 e. The fraction of sp³-hybridized carbons (Fsp3) is 0.294. The molecule has 3 rings (SSSR count). The highest BCUT2D eigenvalue weighted by Crippen LogP contribution is 2.43. The molecule has 1 aliphatic heterocycles. The fourth-order valence-corrected chi connectivity index (χ4v) is 2.81. The largest absolute Gasteiger partial charge is 0.488 e. The molecule has 1 aromatic carbocycles. The Balaban J connectivity index is 2.12. The third-order valence-corrected chi connectivity index (χ3v) is 3.76. The number of benzene rings is 1. The minimum atomic E-state index is -0.269. The van der Waals surface area contributed by atoms with Crippen LogP contribution in [0.4, 0.5) is 5.69 Å². The van der Waals surface area contributed by atoms with Crippen LogP contribution in [0.5, 0.6) is 5.75 Å². The molecule has 1 atom stereocenters. The van der Waals surface area contributed by atoms with E-state index in [0.29, 0.717) is 11.3 Å². The fourth-order valence-electron chi connectivity index (χ4n) is 2.81. The zero-order chi connectivity index (χ0) is 15.0. The third kappa shape index (κ3) is 2.55. The monoisotopic (exact) mass is 279 g/mol. The Morgan fingerprint density at radius 2 is 2.14 bits per heavy atom. The van der Waals surface area contributed by atoms with Gasteiger partial charge in [-0.25, -0.2) is 0 Å². The summed E-state index contributed by atoms with van der Waals surface area (Å²) in [4.78, 5) is 4.46. The summed E-state index contributed by atoms with van der Waals surface area (Å²) in [5, 5.41) is 9.11. The lowest BCUT2D eigenvalue weighted by Gasteiger charge is -2.37. The molecule has 106 valence electrons. The molecule has 1 aromatic heterocycles. The van der Waals surface area contributed by atoms with Crippen LogP contribution in [-0.4, -0.2) is 10.6 Å². The highest BCUT2D eigenvalue weighted by molar-refractivity contribution is 5.49. The van der Waals surface area contributed by atoms with Gasteiger partial charge >= 0.3 is 0 Å². The Morgan fingerprint density at radius 1 is 1.33 bits per heavy atom. The number of nitrogens with two attached hydrogens (primary N) is 1. The molecule has 21 heavy (non-hydrogen) atoms. The number of anilines is 1. The zero-order valence-electron chi connectivity index (χ0n) is 12.1. The molecule has 1 unspecified atom stereocenters. The van der Waals surface area contributed by atoms with Gasteiger partial charge in [-0.3, -0.25) is 4.98 Å². The summed E-state index contributed by atoms with van der Waals surface area (Å²) >= 11 is 0. The van der Waals surface area contributed by atoms with Gasteiger partial charge in [-0.2, -0.15) is 5.26 Å². The summed E-state index contributed by atoms with van der Waals surface area (Å²) in [7, 11) is 0. The van der Waals surface area contributed by atoms with E-state index >= 15 is 0 Å². The van der Waals surface area contributed by atoms with Crippen molar-refractivity contribution in [3.63, 3.8) is 0 Å². The first-order valence-corrected chi connectivity index (χ1v) is 6.93. The highest BCUT2D eigenvalue weighted by Gasteiger charge is 2.35. The van der Waals surface area contributed by atoms with Crippen molar-refractivity contribution in [3.05, 3.63) is 53.3 Å². The molecular weight excluding hydrogens is 262 g/mol. The molecule has 4 heteroatoms. The summed E-state index contributed by atoms with van der Waals surface area (Å²) in [6.07, 6.45) is 2.48. The van der Waals surface area contributed by atoms with Crippen molar-refractivity contribution in [3.8, 4) is 11.8 Å². The van der Waals surface area contributed by atoms with Crippen molar-refractivity contribution < 1.29 is 4.74 Å². The molecule has 0 fully saturated rings. The molecule has 0 saturated heterocycles. The van der Waals surface area contributed by atoms with Crippen molar-refractivity contribution in [1.29, 1.82) is 5.26 Å². The number of rotatable bonds is 1. The summed E-state index contributed by atoms with van der Waals surface area (Å²) < 4.78 is 6.03. The Bertz CT molecular complexity index is 714. The maximum Gasteiger partial charge on any atom is 0.124 e. The number of aromatic nitrogens is 1. The Morgan fingerprint density at radius 3 is 2.81 bits per heavy atom. The second-order valence-corrected chi connectivity index (χ2v) is 6.00. The molecule has 0 spiro atoms. The van der Waals surface area contributed by atoms with Crippen LogP contribution in [0.25, 0.3) is 0 Å². The second-order valence-electron chi connectivity index (χ2n) is 6.00. The normalized spacial score (nSPS) is 19.2. The van der Waals surface area contributed by atoms with E-state index in [0.717, 1.165) is 23.4 Å². The molecule has 0 aliphatic carbocycles. The van der Waals surface area contributed by atoms with E-state index in [1.54, 1.807) is 12.3 Å². The van der Waals surface area contributed by atoms with E-state index in [2.05, 4.69) is 24.9 Å². The van der Waals surface area contributed by atoms with E-state index in [9.17, 15) is 0 Å². The number of fused-ring (bicyclic) bond motifs is 1. The number of hydrogen-bond acceptors (Lipinski definition) is 4. The van der Waals surface area contributed by atoms with Crippen LogP contribution in [0.1, 0.15) is 43.0 Å². The van der Waals surface area contributed by atoms with Crippen LogP contribution < -0.4 is 10.5 Å². The topological polar surface area (TPSA) is 71.9 Å². The van der Waals surface area contributed by atoms with Gasteiger partial charge in [-0.1, -0.05) is 0 Å². The van der Waals surface area contributed by atoms with Gasteiger partial charge in [0.05, 0.1) is 23.5 Å². The second kappa shape index (κ2) is 4.78. The zero-order valence-corrected chi connectivity index (χ0v) is 12.1.